The number of hydrogen-bond acceptors (Lipinski definition) is 6. The lowest BCUT2D eigenvalue weighted by molar-refractivity contribution is -0.142. The Hall–Kier alpha value is -2.20. The number of likely N-dealkylation sites (N-methyl/N-ethyl adjacent to an activating group) is 1. The van der Waals surface area contributed by atoms with E-state index in [4.69, 9.17) is 17.2 Å². The van der Waals surface area contributed by atoms with Gasteiger partial charge in [-0.25, -0.2) is 9.79 Å². The highest BCUT2D eigenvalue weighted by Gasteiger charge is 2.38. The maximum atomic E-state index is 12.4. The van der Waals surface area contributed by atoms with Gasteiger partial charge in [-0.3, -0.25) is 20.2 Å². The smallest absolute Gasteiger partial charge is 0.318 e. The van der Waals surface area contributed by atoms with E-state index in [2.05, 4.69) is 15.6 Å². The van der Waals surface area contributed by atoms with Crippen molar-refractivity contribution in [1.29, 1.82) is 0 Å². The summed E-state index contributed by atoms with van der Waals surface area (Å²) in [5, 5.41) is 4.53. The van der Waals surface area contributed by atoms with Gasteiger partial charge in [-0.15, -0.1) is 0 Å². The fraction of sp³-hybridized carbons (Fsp3) is 0.692. The predicted octanol–water partition coefficient (Wildman–Crippen LogP) is -1.84. The van der Waals surface area contributed by atoms with Gasteiger partial charge in [-0.05, 0) is 12.8 Å². The monoisotopic (exact) mass is 327 g/mol. The molecule has 1 atom stereocenters. The highest BCUT2D eigenvalue weighted by atomic mass is 16.2. The molecule has 1 unspecified atom stereocenters. The Morgan fingerprint density at radius 3 is 2.61 bits per heavy atom. The summed E-state index contributed by atoms with van der Waals surface area (Å²) in [6, 6.07) is -1.69. The largest absolute Gasteiger partial charge is 0.351 e. The quantitative estimate of drug-likeness (QED) is 0.285. The standard InChI is InChI=1S/C13H25N7O3/c1-3-4-5-6-13(15,16)10(22)20(2)8-7-17-12(18-9(8)21)19-11(14)23/h8H,3-7,15-16H2,1-2H3,(H4,14,17,18,19,21,23). The molecule has 0 saturated heterocycles. The van der Waals surface area contributed by atoms with E-state index in [0.717, 1.165) is 19.3 Å². The fourth-order valence-electron chi connectivity index (χ4n) is 2.23. The molecule has 1 rings (SSSR count). The second kappa shape index (κ2) is 7.88. The second-order valence-electron chi connectivity index (χ2n) is 5.60. The summed E-state index contributed by atoms with van der Waals surface area (Å²) in [4.78, 5) is 40.4. The molecule has 0 saturated carbocycles. The molecule has 10 heteroatoms. The molecule has 0 bridgehead atoms. The number of nitrogens with two attached hydrogens (primary N) is 3. The molecule has 0 aliphatic carbocycles. The van der Waals surface area contributed by atoms with Crippen molar-refractivity contribution in [2.45, 2.75) is 44.3 Å². The van der Waals surface area contributed by atoms with Crippen LogP contribution in [0, 0.1) is 0 Å². The van der Waals surface area contributed by atoms with Crippen molar-refractivity contribution in [3.8, 4) is 0 Å². The third-order valence-electron chi connectivity index (χ3n) is 3.59. The Balaban J connectivity index is 2.71. The number of urea groups is 1. The SMILES string of the molecule is CCCCCC(N)(N)C(=O)N(C)C1CN=C(NC(N)=O)NC1=O. The van der Waals surface area contributed by atoms with Crippen molar-refractivity contribution in [2.24, 2.45) is 22.2 Å². The van der Waals surface area contributed by atoms with Crippen LogP contribution in [0.5, 0.6) is 0 Å². The van der Waals surface area contributed by atoms with Gasteiger partial charge < -0.3 is 22.1 Å². The van der Waals surface area contributed by atoms with Crippen LogP contribution < -0.4 is 27.8 Å². The lowest BCUT2D eigenvalue weighted by atomic mass is 10.0. The van der Waals surface area contributed by atoms with Crippen LogP contribution in [0.2, 0.25) is 0 Å². The van der Waals surface area contributed by atoms with Crippen molar-refractivity contribution in [3.63, 3.8) is 0 Å². The topological polar surface area (TPSA) is 169 Å². The van der Waals surface area contributed by atoms with E-state index in [9.17, 15) is 14.4 Å². The number of hydrogen-bond donors (Lipinski definition) is 5. The summed E-state index contributed by atoms with van der Waals surface area (Å²) >= 11 is 0. The summed E-state index contributed by atoms with van der Waals surface area (Å²) in [7, 11) is 1.45. The van der Waals surface area contributed by atoms with Gasteiger partial charge in [0.25, 0.3) is 11.8 Å². The number of nitrogens with zero attached hydrogens (tertiary/aromatic N) is 2. The zero-order valence-electron chi connectivity index (χ0n) is 13.5. The molecule has 1 aliphatic heterocycles. The molecule has 4 amide bonds. The number of rotatable bonds is 6. The van der Waals surface area contributed by atoms with Crippen LogP contribution in [0.15, 0.2) is 4.99 Å². The molecular formula is C13H25N7O3. The molecule has 0 aromatic heterocycles. The molecule has 0 spiro atoms. The molecular weight excluding hydrogens is 302 g/mol. The normalized spacial score (nSPS) is 18.0. The molecule has 23 heavy (non-hydrogen) atoms. The highest BCUT2D eigenvalue weighted by Crippen LogP contribution is 2.13. The minimum atomic E-state index is -1.53. The van der Waals surface area contributed by atoms with Gasteiger partial charge in [-0.2, -0.15) is 0 Å². The summed E-state index contributed by atoms with van der Waals surface area (Å²) in [6.07, 6.45) is 2.96. The first-order valence-electron chi connectivity index (χ1n) is 7.45. The number of primary amides is 1. The first kappa shape index (κ1) is 18.8. The van der Waals surface area contributed by atoms with Gasteiger partial charge in [0.2, 0.25) is 5.96 Å². The highest BCUT2D eigenvalue weighted by molar-refractivity contribution is 6.07. The van der Waals surface area contributed by atoms with Crippen molar-refractivity contribution in [1.82, 2.24) is 15.5 Å². The molecule has 0 aromatic rings. The van der Waals surface area contributed by atoms with Crippen molar-refractivity contribution < 1.29 is 14.4 Å². The second-order valence-corrected chi connectivity index (χ2v) is 5.60. The van der Waals surface area contributed by atoms with Crippen LogP contribution in [0.1, 0.15) is 32.6 Å². The summed E-state index contributed by atoms with van der Waals surface area (Å²) in [5.41, 5.74) is 15.2. The van der Waals surface area contributed by atoms with Crippen molar-refractivity contribution in [3.05, 3.63) is 0 Å². The molecule has 10 nitrogen and oxygen atoms in total. The fourth-order valence-corrected chi connectivity index (χ4v) is 2.23. The van der Waals surface area contributed by atoms with Gasteiger partial charge in [0.1, 0.15) is 11.7 Å². The third-order valence-corrected chi connectivity index (χ3v) is 3.59. The Morgan fingerprint density at radius 1 is 1.43 bits per heavy atom. The number of carbonyl (C=O) groups excluding carboxylic acids is 3. The molecule has 1 aliphatic rings. The van der Waals surface area contributed by atoms with Gasteiger partial charge >= 0.3 is 6.03 Å². The number of amides is 4. The Labute approximate surface area is 134 Å². The molecule has 1 heterocycles. The van der Waals surface area contributed by atoms with Crippen LogP contribution in [-0.2, 0) is 9.59 Å². The zero-order chi connectivity index (χ0) is 17.6. The maximum absolute atomic E-state index is 12.4. The molecule has 8 N–H and O–H groups in total. The Morgan fingerprint density at radius 2 is 2.09 bits per heavy atom. The maximum Gasteiger partial charge on any atom is 0.318 e. The lowest BCUT2D eigenvalue weighted by Gasteiger charge is -2.34. The van der Waals surface area contributed by atoms with Crippen LogP contribution in [0.25, 0.3) is 0 Å². The zero-order valence-corrected chi connectivity index (χ0v) is 13.5. The molecule has 130 valence electrons. The minimum Gasteiger partial charge on any atom is -0.351 e. The van der Waals surface area contributed by atoms with Crippen LogP contribution in [0.3, 0.4) is 0 Å². The average Bonchev–Trinajstić information content (AvgIpc) is 2.45. The summed E-state index contributed by atoms with van der Waals surface area (Å²) in [5.74, 6) is -1.08. The number of aliphatic imine (C=N–C) groups is 1. The van der Waals surface area contributed by atoms with E-state index in [1.54, 1.807) is 0 Å². The predicted molar refractivity (Wildman–Crippen MR) is 85.0 cm³/mol. The number of nitrogens with one attached hydrogen (secondary N) is 2. The average molecular weight is 327 g/mol. The van der Waals surface area contributed by atoms with Crippen LogP contribution >= 0.6 is 0 Å². The van der Waals surface area contributed by atoms with Gasteiger partial charge in [-0.1, -0.05) is 19.8 Å². The van der Waals surface area contributed by atoms with Crippen molar-refractivity contribution >= 4 is 23.8 Å². The number of guanidine groups is 1. The molecule has 0 fully saturated rings. The minimum absolute atomic E-state index is 0.0191. The Kier molecular flexibility index (Phi) is 6.46. The van der Waals surface area contributed by atoms with Crippen LogP contribution in [0.4, 0.5) is 4.79 Å². The summed E-state index contributed by atoms with van der Waals surface area (Å²) < 4.78 is 0. The van der Waals surface area contributed by atoms with Gasteiger partial charge in [0.05, 0.1) is 6.54 Å². The lowest BCUT2D eigenvalue weighted by Crippen LogP contribution is -2.66. The van der Waals surface area contributed by atoms with Gasteiger partial charge in [0, 0.05) is 7.05 Å². The molecule has 0 radical (unpaired) electrons. The van der Waals surface area contributed by atoms with E-state index in [1.165, 1.54) is 11.9 Å². The first-order chi connectivity index (χ1) is 10.7. The van der Waals surface area contributed by atoms with Crippen LogP contribution in [-0.4, -0.2) is 54.0 Å². The van der Waals surface area contributed by atoms with E-state index in [1.807, 2.05) is 6.92 Å². The van der Waals surface area contributed by atoms with E-state index in [0.29, 0.717) is 6.42 Å². The van der Waals surface area contributed by atoms with Crippen molar-refractivity contribution in [2.75, 3.05) is 13.6 Å². The van der Waals surface area contributed by atoms with E-state index < -0.39 is 29.6 Å². The molecule has 0 aromatic carbocycles. The van der Waals surface area contributed by atoms with E-state index in [-0.39, 0.29) is 12.5 Å². The van der Waals surface area contributed by atoms with E-state index >= 15 is 0 Å². The summed E-state index contributed by atoms with van der Waals surface area (Å²) in [6.45, 7) is 2.01. The number of unbranched alkanes of at least 4 members (excludes halogenated alkanes) is 2. The first-order valence-corrected chi connectivity index (χ1v) is 7.45. The van der Waals surface area contributed by atoms with Gasteiger partial charge in [0.15, 0.2) is 0 Å². The number of carbonyl (C=O) groups is 3. The Bertz CT molecular complexity index is 504. The third kappa shape index (κ3) is 5.18.